The van der Waals surface area contributed by atoms with Crippen molar-refractivity contribution in [3.63, 3.8) is 0 Å². The Morgan fingerprint density at radius 1 is 1.20 bits per heavy atom. The Morgan fingerprint density at radius 2 is 1.76 bits per heavy atom. The van der Waals surface area contributed by atoms with E-state index >= 15 is 0 Å². The number of nitrogens with zero attached hydrogens (tertiary/aromatic N) is 1. The molecule has 2 rings (SSSR count). The van der Waals surface area contributed by atoms with Crippen molar-refractivity contribution in [2.45, 2.75) is 46.3 Å². The fourth-order valence-electron chi connectivity index (χ4n) is 3.32. The first-order valence-corrected chi connectivity index (χ1v) is 10.1. The fraction of sp³-hybridized carbons (Fsp3) is 0.556. The number of carbonyl (C=O) groups is 2. The molecular weight excluding hydrogens is 342 g/mol. The Bertz CT molecular complexity index is 777. The maximum atomic E-state index is 12.5. The van der Waals surface area contributed by atoms with Gasteiger partial charge in [0.1, 0.15) is 0 Å². The smallest absolute Gasteiger partial charge is 0.339 e. The summed E-state index contributed by atoms with van der Waals surface area (Å²) < 4.78 is 28.5. The summed E-state index contributed by atoms with van der Waals surface area (Å²) >= 11 is 0. The van der Waals surface area contributed by atoms with Crippen LogP contribution >= 0.6 is 0 Å². The first-order valence-electron chi connectivity index (χ1n) is 8.28. The van der Waals surface area contributed by atoms with Crippen LogP contribution in [-0.2, 0) is 19.4 Å². The predicted molar refractivity (Wildman–Crippen MR) is 95.4 cm³/mol. The van der Waals surface area contributed by atoms with E-state index < -0.39 is 27.8 Å². The average molecular weight is 367 g/mol. The molecule has 1 saturated heterocycles. The van der Waals surface area contributed by atoms with Gasteiger partial charge in [-0.1, -0.05) is 17.7 Å². The lowest BCUT2D eigenvalue weighted by Gasteiger charge is -2.26. The van der Waals surface area contributed by atoms with Crippen LogP contribution < -0.4 is 0 Å². The van der Waals surface area contributed by atoms with Gasteiger partial charge in [0, 0.05) is 13.1 Å². The Labute approximate surface area is 149 Å². The molecule has 138 valence electrons. The molecule has 1 aromatic rings. The van der Waals surface area contributed by atoms with Crippen molar-refractivity contribution >= 4 is 21.7 Å². The van der Waals surface area contributed by atoms with E-state index in [9.17, 15) is 18.0 Å². The number of esters is 1. The Kier molecular flexibility index (Phi) is 5.56. The number of amides is 1. The molecule has 0 spiro atoms. The lowest BCUT2D eigenvalue weighted by atomic mass is 10.00. The molecule has 1 amide bonds. The number of hydrogen-bond donors (Lipinski definition) is 0. The summed E-state index contributed by atoms with van der Waals surface area (Å²) in [4.78, 5) is 26.3. The van der Waals surface area contributed by atoms with E-state index in [0.29, 0.717) is 12.0 Å². The van der Waals surface area contributed by atoms with Crippen LogP contribution in [0, 0.1) is 20.8 Å². The van der Waals surface area contributed by atoms with Gasteiger partial charge in [-0.3, -0.25) is 4.79 Å². The Balaban J connectivity index is 2.07. The Morgan fingerprint density at radius 3 is 2.24 bits per heavy atom. The number of sulfone groups is 1. The second kappa shape index (κ2) is 7.15. The van der Waals surface area contributed by atoms with E-state index in [2.05, 4.69) is 0 Å². The summed E-state index contributed by atoms with van der Waals surface area (Å²) in [5.74, 6) is -0.877. The number of benzene rings is 1. The van der Waals surface area contributed by atoms with Gasteiger partial charge in [-0.15, -0.1) is 0 Å². The number of carbonyl (C=O) groups excluding carboxylic acids is 2. The molecule has 0 aromatic heterocycles. The van der Waals surface area contributed by atoms with Gasteiger partial charge in [0.15, 0.2) is 15.9 Å². The predicted octanol–water partition coefficient (Wildman–Crippen LogP) is 1.80. The van der Waals surface area contributed by atoms with Gasteiger partial charge in [0.2, 0.25) is 0 Å². The van der Waals surface area contributed by atoms with Crippen molar-refractivity contribution in [1.82, 2.24) is 4.90 Å². The highest BCUT2D eigenvalue weighted by Gasteiger charge is 2.35. The third-order valence-corrected chi connectivity index (χ3v) is 6.37. The summed E-state index contributed by atoms with van der Waals surface area (Å²) in [6.07, 6.45) is -0.553. The molecule has 25 heavy (non-hydrogen) atoms. The summed E-state index contributed by atoms with van der Waals surface area (Å²) in [5, 5.41) is 0. The molecule has 1 aliphatic heterocycles. The third kappa shape index (κ3) is 4.39. The number of likely N-dealkylation sites (N-methyl/N-ethyl adjacent to an activating group) is 1. The zero-order valence-electron chi connectivity index (χ0n) is 15.3. The highest BCUT2D eigenvalue weighted by molar-refractivity contribution is 7.91. The van der Waals surface area contributed by atoms with Crippen molar-refractivity contribution in [3.8, 4) is 0 Å². The van der Waals surface area contributed by atoms with Gasteiger partial charge in [0.25, 0.3) is 5.91 Å². The molecule has 0 bridgehead atoms. The maximum Gasteiger partial charge on any atom is 0.339 e. The second-order valence-corrected chi connectivity index (χ2v) is 9.06. The molecule has 2 unspecified atom stereocenters. The standard InChI is InChI=1S/C18H25NO5S/c1-11-8-12(2)16(13(3)9-11)18(21)24-14(4)17(20)19(5)15-6-7-25(22,23)10-15/h8-9,14-15H,6-7,10H2,1-5H3. The van der Waals surface area contributed by atoms with Gasteiger partial charge < -0.3 is 9.64 Å². The zero-order chi connectivity index (χ0) is 18.9. The molecule has 0 aliphatic carbocycles. The van der Waals surface area contributed by atoms with Crippen LogP contribution in [0.15, 0.2) is 12.1 Å². The SMILES string of the molecule is Cc1cc(C)c(C(=O)OC(C)C(=O)N(C)C2CCS(=O)(=O)C2)c(C)c1. The van der Waals surface area contributed by atoms with Crippen molar-refractivity contribution in [2.75, 3.05) is 18.6 Å². The minimum Gasteiger partial charge on any atom is -0.449 e. The molecule has 0 radical (unpaired) electrons. The van der Waals surface area contributed by atoms with Gasteiger partial charge in [-0.05, 0) is 45.2 Å². The van der Waals surface area contributed by atoms with Crippen LogP contribution in [0.3, 0.4) is 0 Å². The average Bonchev–Trinajstić information content (AvgIpc) is 2.84. The monoisotopic (exact) mass is 367 g/mol. The molecule has 1 heterocycles. The first-order chi connectivity index (χ1) is 11.5. The van der Waals surface area contributed by atoms with Crippen LogP contribution in [0.1, 0.15) is 40.4 Å². The van der Waals surface area contributed by atoms with Crippen LogP contribution in [0.2, 0.25) is 0 Å². The number of aryl methyl sites for hydroxylation is 3. The summed E-state index contributed by atoms with van der Waals surface area (Å²) in [5.41, 5.74) is 3.13. The molecule has 0 saturated carbocycles. The van der Waals surface area contributed by atoms with E-state index in [1.807, 2.05) is 32.9 Å². The maximum absolute atomic E-state index is 12.5. The number of ether oxygens (including phenoxy) is 1. The Hall–Kier alpha value is -1.89. The number of rotatable bonds is 4. The van der Waals surface area contributed by atoms with E-state index in [-0.39, 0.29) is 17.5 Å². The minimum atomic E-state index is -3.08. The van der Waals surface area contributed by atoms with E-state index in [1.165, 1.54) is 11.8 Å². The molecule has 1 fully saturated rings. The molecule has 6 nitrogen and oxygen atoms in total. The topological polar surface area (TPSA) is 80.8 Å². The lowest BCUT2D eigenvalue weighted by Crippen LogP contribution is -2.44. The van der Waals surface area contributed by atoms with Crippen LogP contribution in [0.5, 0.6) is 0 Å². The second-order valence-electron chi connectivity index (χ2n) is 6.83. The highest BCUT2D eigenvalue weighted by atomic mass is 32.2. The summed E-state index contributed by atoms with van der Waals surface area (Å²) in [7, 11) is -1.53. The molecule has 1 aromatic carbocycles. The lowest BCUT2D eigenvalue weighted by molar-refractivity contribution is -0.140. The van der Waals surface area contributed by atoms with Gasteiger partial charge >= 0.3 is 5.97 Å². The van der Waals surface area contributed by atoms with E-state index in [1.54, 1.807) is 7.05 Å². The molecule has 0 N–H and O–H groups in total. The van der Waals surface area contributed by atoms with E-state index in [0.717, 1.165) is 16.7 Å². The normalized spacial score (nSPS) is 20.1. The molecule has 2 atom stereocenters. The van der Waals surface area contributed by atoms with Gasteiger partial charge in [0.05, 0.1) is 17.1 Å². The molecule has 7 heteroatoms. The van der Waals surface area contributed by atoms with Crippen molar-refractivity contribution < 1.29 is 22.7 Å². The summed E-state index contributed by atoms with van der Waals surface area (Å²) in [6, 6.07) is 3.43. The van der Waals surface area contributed by atoms with Crippen molar-refractivity contribution in [2.24, 2.45) is 0 Å². The fourth-order valence-corrected chi connectivity index (χ4v) is 5.09. The van der Waals surface area contributed by atoms with Crippen LogP contribution in [0.25, 0.3) is 0 Å². The van der Waals surface area contributed by atoms with E-state index in [4.69, 9.17) is 4.74 Å². The number of hydrogen-bond acceptors (Lipinski definition) is 5. The largest absolute Gasteiger partial charge is 0.449 e. The molecule has 1 aliphatic rings. The van der Waals surface area contributed by atoms with Crippen LogP contribution in [0.4, 0.5) is 0 Å². The summed E-state index contributed by atoms with van der Waals surface area (Å²) in [6.45, 7) is 7.13. The first kappa shape index (κ1) is 19.4. The highest BCUT2D eigenvalue weighted by Crippen LogP contribution is 2.20. The van der Waals surface area contributed by atoms with Gasteiger partial charge in [-0.25, -0.2) is 13.2 Å². The minimum absolute atomic E-state index is 0.0356. The quantitative estimate of drug-likeness (QED) is 0.758. The van der Waals surface area contributed by atoms with Gasteiger partial charge in [-0.2, -0.15) is 0 Å². The third-order valence-electron chi connectivity index (χ3n) is 4.62. The van der Waals surface area contributed by atoms with Crippen LogP contribution in [-0.4, -0.2) is 55.9 Å². The van der Waals surface area contributed by atoms with Crippen molar-refractivity contribution in [3.05, 3.63) is 34.4 Å². The zero-order valence-corrected chi connectivity index (χ0v) is 16.1. The van der Waals surface area contributed by atoms with Crippen molar-refractivity contribution in [1.29, 1.82) is 0 Å². The molecular formula is C18H25NO5S.